The average Bonchev–Trinajstić information content (AvgIpc) is 2.70. The van der Waals surface area contributed by atoms with E-state index in [1.165, 1.54) is 12.2 Å². The third-order valence-electron chi connectivity index (χ3n) is 3.19. The molecule has 0 saturated carbocycles. The van der Waals surface area contributed by atoms with Crippen molar-refractivity contribution >= 4 is 16.7 Å². The van der Waals surface area contributed by atoms with Crippen LogP contribution in [0, 0.1) is 0 Å². The molecule has 3 nitrogen and oxygen atoms in total. The molecule has 0 bridgehead atoms. The van der Waals surface area contributed by atoms with E-state index in [1.807, 2.05) is 18.2 Å². The number of aromatic nitrogens is 2. The first-order valence-corrected chi connectivity index (χ1v) is 6.05. The largest absolute Gasteiger partial charge is 0.382 e. The Morgan fingerprint density at radius 2 is 2.26 bits per heavy atom. The van der Waals surface area contributed by atoms with Crippen molar-refractivity contribution in [2.45, 2.75) is 19.0 Å². The van der Waals surface area contributed by atoms with Gasteiger partial charge in [0.15, 0.2) is 5.82 Å². The number of nitrogens with two attached hydrogens (primary N) is 1. The first kappa shape index (κ1) is 11.9. The van der Waals surface area contributed by atoms with Crippen molar-refractivity contribution in [3.05, 3.63) is 47.3 Å². The number of nitrogens with zero attached hydrogens (tertiary/aromatic N) is 1. The third-order valence-corrected chi connectivity index (χ3v) is 3.19. The van der Waals surface area contributed by atoms with E-state index in [2.05, 4.69) is 10.2 Å². The first-order chi connectivity index (χ1) is 9.11. The molecule has 0 amide bonds. The van der Waals surface area contributed by atoms with Crippen LogP contribution in [-0.2, 0) is 6.42 Å². The number of alkyl halides is 1. The summed E-state index contributed by atoms with van der Waals surface area (Å²) >= 11 is 0. The number of H-pyrrole nitrogens is 1. The lowest BCUT2D eigenvalue weighted by Gasteiger charge is -2.12. The fourth-order valence-corrected chi connectivity index (χ4v) is 2.32. The van der Waals surface area contributed by atoms with Crippen molar-refractivity contribution in [2.24, 2.45) is 0 Å². The van der Waals surface area contributed by atoms with Crippen LogP contribution in [0.5, 0.6) is 0 Å². The second kappa shape index (κ2) is 4.50. The summed E-state index contributed by atoms with van der Waals surface area (Å²) in [6.07, 6.45) is 1.96. The van der Waals surface area contributed by atoms with Crippen molar-refractivity contribution in [2.75, 3.05) is 5.73 Å². The van der Waals surface area contributed by atoms with Gasteiger partial charge in [0, 0.05) is 11.8 Å². The van der Waals surface area contributed by atoms with E-state index < -0.39 is 12.0 Å². The van der Waals surface area contributed by atoms with Gasteiger partial charge in [0.05, 0.1) is 5.52 Å². The first-order valence-electron chi connectivity index (χ1n) is 6.05. The molecule has 1 atom stereocenters. The van der Waals surface area contributed by atoms with Gasteiger partial charge in [-0.25, -0.2) is 8.78 Å². The third kappa shape index (κ3) is 2.36. The molecule has 1 heterocycles. The number of halogens is 2. The highest BCUT2D eigenvalue weighted by atomic mass is 19.1. The van der Waals surface area contributed by atoms with Crippen LogP contribution in [0.4, 0.5) is 14.6 Å². The standard InChI is InChI=1S/C14H13F2N3/c15-10-4-9(5-11(16)7-10)3-8-1-2-13-12(6-8)14(17)19-18-13/h1-2,4-6,10H,3,7H2,(H3,17,18,19). The van der Waals surface area contributed by atoms with E-state index in [0.717, 1.165) is 16.5 Å². The molecule has 19 heavy (non-hydrogen) atoms. The van der Waals surface area contributed by atoms with Crippen molar-refractivity contribution in [1.82, 2.24) is 10.2 Å². The highest BCUT2D eigenvalue weighted by Gasteiger charge is 2.14. The molecule has 0 aliphatic heterocycles. The lowest BCUT2D eigenvalue weighted by Crippen LogP contribution is -2.04. The van der Waals surface area contributed by atoms with Gasteiger partial charge < -0.3 is 5.73 Å². The van der Waals surface area contributed by atoms with E-state index in [-0.39, 0.29) is 6.42 Å². The fourth-order valence-electron chi connectivity index (χ4n) is 2.32. The summed E-state index contributed by atoms with van der Waals surface area (Å²) in [6.45, 7) is 0. The molecule has 3 N–H and O–H groups in total. The molecule has 5 heteroatoms. The number of anilines is 1. The van der Waals surface area contributed by atoms with Crippen molar-refractivity contribution in [1.29, 1.82) is 0 Å². The van der Waals surface area contributed by atoms with Crippen LogP contribution in [0.3, 0.4) is 0 Å². The molecule has 0 fully saturated rings. The Balaban J connectivity index is 1.91. The van der Waals surface area contributed by atoms with Gasteiger partial charge in [-0.1, -0.05) is 6.07 Å². The zero-order valence-electron chi connectivity index (χ0n) is 10.2. The Kier molecular flexibility index (Phi) is 2.81. The molecular formula is C14H13F2N3. The SMILES string of the molecule is Nc1n[nH]c2ccc(CC3=CC(F)CC(F)=C3)cc12. The molecule has 1 unspecified atom stereocenters. The number of nitrogens with one attached hydrogen (secondary N) is 1. The topological polar surface area (TPSA) is 54.7 Å². The molecule has 1 aromatic heterocycles. The van der Waals surface area contributed by atoms with E-state index in [1.54, 1.807) is 0 Å². The minimum atomic E-state index is -1.23. The van der Waals surface area contributed by atoms with E-state index in [9.17, 15) is 8.78 Å². The number of rotatable bonds is 2. The monoisotopic (exact) mass is 261 g/mol. The Bertz CT molecular complexity index is 685. The number of hydrogen-bond acceptors (Lipinski definition) is 2. The molecular weight excluding hydrogens is 248 g/mol. The number of benzene rings is 1. The summed E-state index contributed by atoms with van der Waals surface area (Å²) in [5, 5.41) is 7.55. The average molecular weight is 261 g/mol. The van der Waals surface area contributed by atoms with Gasteiger partial charge in [0.1, 0.15) is 12.0 Å². The fraction of sp³-hybridized carbons (Fsp3) is 0.214. The highest BCUT2D eigenvalue weighted by molar-refractivity contribution is 5.89. The van der Waals surface area contributed by atoms with Crippen LogP contribution >= 0.6 is 0 Å². The molecule has 0 saturated heterocycles. The van der Waals surface area contributed by atoms with Crippen molar-refractivity contribution in [3.63, 3.8) is 0 Å². The van der Waals surface area contributed by atoms with E-state index >= 15 is 0 Å². The lowest BCUT2D eigenvalue weighted by molar-refractivity contribution is 0.366. The Morgan fingerprint density at radius 1 is 1.42 bits per heavy atom. The lowest BCUT2D eigenvalue weighted by atomic mass is 9.97. The van der Waals surface area contributed by atoms with Gasteiger partial charge in [0.25, 0.3) is 0 Å². The summed E-state index contributed by atoms with van der Waals surface area (Å²) in [4.78, 5) is 0. The van der Waals surface area contributed by atoms with Crippen molar-refractivity contribution < 1.29 is 8.78 Å². The Hall–Kier alpha value is -2.17. The van der Waals surface area contributed by atoms with Crippen LogP contribution < -0.4 is 5.73 Å². The molecule has 1 aliphatic carbocycles. The molecule has 1 aliphatic rings. The smallest absolute Gasteiger partial charge is 0.153 e. The van der Waals surface area contributed by atoms with Crippen LogP contribution in [0.2, 0.25) is 0 Å². The predicted octanol–water partition coefficient (Wildman–Crippen LogP) is 3.21. The number of allylic oxidation sites excluding steroid dienone is 4. The molecule has 0 spiro atoms. The summed E-state index contributed by atoms with van der Waals surface area (Å²) < 4.78 is 26.5. The number of nitrogen functional groups attached to an aromatic ring is 1. The molecule has 1 aromatic carbocycles. The van der Waals surface area contributed by atoms with Crippen LogP contribution in [-0.4, -0.2) is 16.4 Å². The zero-order chi connectivity index (χ0) is 13.4. The van der Waals surface area contributed by atoms with Gasteiger partial charge >= 0.3 is 0 Å². The quantitative estimate of drug-likeness (QED) is 0.872. The maximum atomic E-state index is 13.3. The van der Waals surface area contributed by atoms with Crippen LogP contribution in [0.1, 0.15) is 12.0 Å². The molecule has 98 valence electrons. The number of fused-ring (bicyclic) bond motifs is 1. The Labute approximate surface area is 108 Å². The van der Waals surface area contributed by atoms with Crippen LogP contribution in [0.15, 0.2) is 41.8 Å². The van der Waals surface area contributed by atoms with Crippen LogP contribution in [0.25, 0.3) is 10.9 Å². The van der Waals surface area contributed by atoms with Gasteiger partial charge in [-0.3, -0.25) is 5.10 Å². The highest BCUT2D eigenvalue weighted by Crippen LogP contribution is 2.25. The maximum Gasteiger partial charge on any atom is 0.153 e. The molecule has 2 aromatic rings. The van der Waals surface area contributed by atoms with Gasteiger partial charge in [-0.2, -0.15) is 5.10 Å². The number of aromatic amines is 1. The number of hydrogen-bond donors (Lipinski definition) is 2. The summed E-state index contributed by atoms with van der Waals surface area (Å²) in [5.41, 5.74) is 8.18. The second-order valence-electron chi connectivity index (χ2n) is 4.72. The summed E-state index contributed by atoms with van der Waals surface area (Å²) in [5.74, 6) is 0.0217. The minimum absolute atomic E-state index is 0.156. The molecule has 0 radical (unpaired) electrons. The van der Waals surface area contributed by atoms with Crippen molar-refractivity contribution in [3.8, 4) is 0 Å². The van der Waals surface area contributed by atoms with E-state index in [4.69, 9.17) is 5.73 Å². The van der Waals surface area contributed by atoms with Gasteiger partial charge in [0.2, 0.25) is 0 Å². The van der Waals surface area contributed by atoms with Gasteiger partial charge in [-0.05, 0) is 41.8 Å². The minimum Gasteiger partial charge on any atom is -0.382 e. The van der Waals surface area contributed by atoms with E-state index in [0.29, 0.717) is 17.8 Å². The molecule has 3 rings (SSSR count). The summed E-state index contributed by atoms with van der Waals surface area (Å²) in [6, 6.07) is 5.65. The predicted molar refractivity (Wildman–Crippen MR) is 71.0 cm³/mol. The van der Waals surface area contributed by atoms with Gasteiger partial charge in [-0.15, -0.1) is 0 Å². The maximum absolute atomic E-state index is 13.3. The zero-order valence-corrected chi connectivity index (χ0v) is 10.2. The Morgan fingerprint density at radius 3 is 3.05 bits per heavy atom. The second-order valence-corrected chi connectivity index (χ2v) is 4.72. The normalized spacial score (nSPS) is 19.4. The summed E-state index contributed by atoms with van der Waals surface area (Å²) in [7, 11) is 0.